The van der Waals surface area contributed by atoms with Crippen LogP contribution < -0.4 is 17.2 Å². The Balaban J connectivity index is 4.44. The van der Waals surface area contributed by atoms with E-state index in [-0.39, 0.29) is 18.9 Å². The van der Waals surface area contributed by atoms with Gasteiger partial charge in [0.05, 0.1) is 7.11 Å². The summed E-state index contributed by atoms with van der Waals surface area (Å²) in [6.07, 6.45) is -0.0405. The van der Waals surface area contributed by atoms with Crippen LogP contribution in [0.2, 0.25) is 0 Å². The molecule has 0 amide bonds. The molecule has 16 heavy (non-hydrogen) atoms. The van der Waals surface area contributed by atoms with Gasteiger partial charge in [0, 0.05) is 17.9 Å². The van der Waals surface area contributed by atoms with Crippen molar-refractivity contribution in [2.45, 2.75) is 18.5 Å². The number of hydrogen-bond donors (Lipinski definition) is 3. The van der Waals surface area contributed by atoms with Crippen LogP contribution >= 0.6 is 0 Å². The summed E-state index contributed by atoms with van der Waals surface area (Å²) in [5.41, 5.74) is 15.5. The van der Waals surface area contributed by atoms with E-state index in [9.17, 15) is 14.9 Å². The molecule has 9 nitrogen and oxygen atoms in total. The van der Waals surface area contributed by atoms with Crippen LogP contribution in [0.15, 0.2) is 4.99 Å². The average Bonchev–Trinajstić information content (AvgIpc) is 2.21. The number of aliphatic imine (C=N–C) groups is 1. The Morgan fingerprint density at radius 3 is 2.50 bits per heavy atom. The molecule has 6 N–H and O–H groups in total. The molecular formula is C7H15N5O4. The number of nitrogens with zero attached hydrogens (tertiary/aromatic N) is 2. The second kappa shape index (κ2) is 6.56. The number of esters is 1. The molecule has 92 valence electrons. The fourth-order valence-electron chi connectivity index (χ4n) is 1.04. The summed E-state index contributed by atoms with van der Waals surface area (Å²) in [4.78, 5) is 24.6. The zero-order valence-corrected chi connectivity index (χ0v) is 8.83. The van der Waals surface area contributed by atoms with Gasteiger partial charge in [-0.25, -0.2) is 0 Å². The predicted octanol–water partition coefficient (Wildman–Crippen LogP) is -2.20. The van der Waals surface area contributed by atoms with Gasteiger partial charge in [-0.2, -0.15) is 0 Å². The Bertz CT molecular complexity index is 289. The fraction of sp³-hybridized carbons (Fsp3) is 0.714. The van der Waals surface area contributed by atoms with E-state index in [1.165, 1.54) is 0 Å². The van der Waals surface area contributed by atoms with E-state index in [0.717, 1.165) is 7.11 Å². The van der Waals surface area contributed by atoms with Crippen LogP contribution in [-0.4, -0.2) is 42.6 Å². The van der Waals surface area contributed by atoms with Crippen LogP contribution in [0.1, 0.15) is 6.42 Å². The lowest BCUT2D eigenvalue weighted by atomic mass is 10.1. The third kappa shape index (κ3) is 4.55. The summed E-state index contributed by atoms with van der Waals surface area (Å²) in [5.74, 6) is -1.01. The number of nitrogens with two attached hydrogens (primary N) is 3. The van der Waals surface area contributed by atoms with E-state index >= 15 is 0 Å². The first-order valence-corrected chi connectivity index (χ1v) is 4.42. The van der Waals surface area contributed by atoms with Gasteiger partial charge in [-0.15, -0.1) is 0 Å². The molecule has 0 aromatic heterocycles. The monoisotopic (exact) mass is 233 g/mol. The third-order valence-electron chi connectivity index (χ3n) is 1.88. The molecule has 0 bridgehead atoms. The zero-order valence-electron chi connectivity index (χ0n) is 8.83. The van der Waals surface area contributed by atoms with Crippen molar-refractivity contribution < 1.29 is 14.5 Å². The van der Waals surface area contributed by atoms with Gasteiger partial charge in [-0.3, -0.25) is 19.9 Å². The maximum atomic E-state index is 11.0. The zero-order chi connectivity index (χ0) is 12.7. The lowest BCUT2D eigenvalue weighted by Crippen LogP contribution is -2.47. The molecule has 0 radical (unpaired) electrons. The number of ether oxygens (including phenoxy) is 1. The van der Waals surface area contributed by atoms with Crippen LogP contribution in [0.3, 0.4) is 0 Å². The highest BCUT2D eigenvalue weighted by atomic mass is 16.6. The van der Waals surface area contributed by atoms with Gasteiger partial charge in [-0.05, 0) is 0 Å². The van der Waals surface area contributed by atoms with Crippen molar-refractivity contribution in [3.8, 4) is 0 Å². The predicted molar refractivity (Wildman–Crippen MR) is 56.1 cm³/mol. The normalized spacial score (nSPS) is 13.6. The van der Waals surface area contributed by atoms with Crippen molar-refractivity contribution in [1.82, 2.24) is 0 Å². The Kier molecular flexibility index (Phi) is 5.78. The molecule has 0 rings (SSSR count). The lowest BCUT2D eigenvalue weighted by Gasteiger charge is -2.13. The molecule has 0 aliphatic rings. The lowest BCUT2D eigenvalue weighted by molar-refractivity contribution is -0.524. The number of nitro groups is 1. The number of carbonyl (C=O) groups is 1. The first-order chi connectivity index (χ1) is 7.40. The topological polar surface area (TPSA) is 160 Å². The first kappa shape index (κ1) is 14.1. The summed E-state index contributed by atoms with van der Waals surface area (Å²) in [6, 6.07) is -2.59. The molecule has 0 aromatic rings. The molecule has 0 fully saturated rings. The van der Waals surface area contributed by atoms with Crippen molar-refractivity contribution in [3.63, 3.8) is 0 Å². The van der Waals surface area contributed by atoms with E-state index in [1.807, 2.05) is 0 Å². The van der Waals surface area contributed by atoms with Gasteiger partial charge in [0.1, 0.15) is 0 Å². The minimum absolute atomic E-state index is 0.0265. The van der Waals surface area contributed by atoms with Crippen molar-refractivity contribution >= 4 is 11.9 Å². The number of rotatable bonds is 6. The molecule has 9 heteroatoms. The molecule has 0 saturated carbocycles. The molecular weight excluding hydrogens is 218 g/mol. The molecule has 0 spiro atoms. The number of methoxy groups -OCH3 is 1. The van der Waals surface area contributed by atoms with E-state index in [0.29, 0.717) is 0 Å². The smallest absolute Gasteiger partial charge is 0.329 e. The second-order valence-electron chi connectivity index (χ2n) is 3.00. The summed E-state index contributed by atoms with van der Waals surface area (Å²) in [7, 11) is 1.11. The van der Waals surface area contributed by atoms with E-state index < -0.39 is 23.0 Å². The van der Waals surface area contributed by atoms with Crippen LogP contribution in [0, 0.1) is 10.1 Å². The molecule has 0 aliphatic carbocycles. The Morgan fingerprint density at radius 2 is 2.12 bits per heavy atom. The Hall–Kier alpha value is -1.90. The van der Waals surface area contributed by atoms with E-state index in [4.69, 9.17) is 17.2 Å². The summed E-state index contributed by atoms with van der Waals surface area (Å²) in [6.45, 7) is 0.0265. The largest absolute Gasteiger partial charge is 0.468 e. The summed E-state index contributed by atoms with van der Waals surface area (Å²) < 4.78 is 4.32. The third-order valence-corrected chi connectivity index (χ3v) is 1.88. The van der Waals surface area contributed by atoms with Crippen LogP contribution in [-0.2, 0) is 9.53 Å². The highest BCUT2D eigenvalue weighted by Gasteiger charge is 2.34. The standard InChI is InChI=1S/C7H15N5O4/c1-16-6(13)5(8)4(12(14)15)2-3-11-7(9)10/h4-5H,2-3,8H2,1H3,(H4,9,10,11)/t4?,5-/m0/s1. The molecule has 2 atom stereocenters. The maximum Gasteiger partial charge on any atom is 0.329 e. The van der Waals surface area contributed by atoms with Gasteiger partial charge in [0.2, 0.25) is 6.04 Å². The van der Waals surface area contributed by atoms with Crippen molar-refractivity contribution in [3.05, 3.63) is 10.1 Å². The number of carbonyl (C=O) groups excluding carboxylic acids is 1. The maximum absolute atomic E-state index is 11.0. The van der Waals surface area contributed by atoms with Gasteiger partial charge in [-0.1, -0.05) is 0 Å². The quantitative estimate of drug-likeness (QED) is 0.154. The van der Waals surface area contributed by atoms with Crippen LogP contribution in [0.25, 0.3) is 0 Å². The Morgan fingerprint density at radius 1 is 1.56 bits per heavy atom. The highest BCUT2D eigenvalue weighted by molar-refractivity contribution is 5.76. The van der Waals surface area contributed by atoms with Crippen molar-refractivity contribution in [1.29, 1.82) is 0 Å². The minimum atomic E-state index is -1.32. The van der Waals surface area contributed by atoms with E-state index in [1.54, 1.807) is 0 Å². The van der Waals surface area contributed by atoms with E-state index in [2.05, 4.69) is 9.73 Å². The van der Waals surface area contributed by atoms with Crippen LogP contribution in [0.5, 0.6) is 0 Å². The number of guanidine groups is 1. The molecule has 1 unspecified atom stereocenters. The van der Waals surface area contributed by atoms with Crippen molar-refractivity contribution in [2.24, 2.45) is 22.2 Å². The first-order valence-electron chi connectivity index (χ1n) is 4.42. The van der Waals surface area contributed by atoms with Crippen LogP contribution in [0.4, 0.5) is 0 Å². The van der Waals surface area contributed by atoms with Gasteiger partial charge in [0.15, 0.2) is 12.0 Å². The van der Waals surface area contributed by atoms with Gasteiger partial charge >= 0.3 is 5.97 Å². The van der Waals surface area contributed by atoms with Crippen molar-refractivity contribution in [2.75, 3.05) is 13.7 Å². The molecule has 0 heterocycles. The summed E-state index contributed by atoms with van der Waals surface area (Å²) >= 11 is 0. The highest BCUT2D eigenvalue weighted by Crippen LogP contribution is 2.04. The average molecular weight is 233 g/mol. The summed E-state index contributed by atoms with van der Waals surface area (Å²) in [5, 5.41) is 10.6. The van der Waals surface area contributed by atoms with Gasteiger partial charge < -0.3 is 21.9 Å². The molecule has 0 aliphatic heterocycles. The fourth-order valence-corrected chi connectivity index (χ4v) is 1.04. The SMILES string of the molecule is COC(=O)[C@@H](N)C(CCN=C(N)N)[N+](=O)[O-]. The molecule has 0 aromatic carbocycles. The second-order valence-corrected chi connectivity index (χ2v) is 3.00. The molecule has 0 saturated heterocycles. The van der Waals surface area contributed by atoms with Gasteiger partial charge in [0.25, 0.3) is 0 Å². The number of hydrogen-bond acceptors (Lipinski definition) is 6. The Labute approximate surface area is 91.8 Å². The minimum Gasteiger partial charge on any atom is -0.468 e.